The highest BCUT2D eigenvalue weighted by Gasteiger charge is 2.22. The molecule has 0 atom stereocenters. The Morgan fingerprint density at radius 3 is 2.79 bits per heavy atom. The molecule has 2 N–H and O–H groups in total. The van der Waals surface area contributed by atoms with Crippen molar-refractivity contribution in [3.63, 3.8) is 0 Å². The van der Waals surface area contributed by atoms with Crippen LogP contribution in [0.25, 0.3) is 0 Å². The highest BCUT2D eigenvalue weighted by atomic mass is 16.5. The van der Waals surface area contributed by atoms with Crippen molar-refractivity contribution in [1.82, 2.24) is 20.8 Å². The lowest BCUT2D eigenvalue weighted by Crippen LogP contribution is -2.36. The van der Waals surface area contributed by atoms with Crippen molar-refractivity contribution in [3.8, 4) is 5.75 Å². The number of aromatic nitrogens is 2. The Hall–Kier alpha value is -2.57. The molecule has 128 valence electrons. The summed E-state index contributed by atoms with van der Waals surface area (Å²) in [6, 6.07) is 8.08. The molecule has 0 amide bonds. The second kappa shape index (κ2) is 7.81. The van der Waals surface area contributed by atoms with Crippen LogP contribution in [-0.4, -0.2) is 29.8 Å². The van der Waals surface area contributed by atoms with Gasteiger partial charge in [-0.1, -0.05) is 23.4 Å². The van der Waals surface area contributed by atoms with Gasteiger partial charge in [-0.15, -0.1) is 0 Å². The molecular formula is C17H23N5O2. The van der Waals surface area contributed by atoms with Gasteiger partial charge in [-0.2, -0.15) is 4.98 Å². The Kier molecular flexibility index (Phi) is 5.30. The Bertz CT molecular complexity index is 694. The number of para-hydroxylation sites is 1. The molecular weight excluding hydrogens is 306 g/mol. The van der Waals surface area contributed by atoms with E-state index >= 15 is 0 Å². The molecule has 7 heteroatoms. The molecule has 1 heterocycles. The third kappa shape index (κ3) is 4.71. The molecule has 0 radical (unpaired) electrons. The number of nitrogens with one attached hydrogen (secondary N) is 2. The first-order valence-corrected chi connectivity index (χ1v) is 8.19. The zero-order valence-electron chi connectivity index (χ0n) is 14.1. The maximum atomic E-state index is 5.93. The zero-order valence-corrected chi connectivity index (χ0v) is 14.1. The number of nitrogens with zero attached hydrogens (tertiary/aromatic N) is 3. The van der Waals surface area contributed by atoms with Crippen molar-refractivity contribution < 1.29 is 9.26 Å². The van der Waals surface area contributed by atoms with Gasteiger partial charge in [0.15, 0.2) is 11.8 Å². The molecule has 1 aliphatic rings. The minimum Gasteiger partial charge on any atom is -0.493 e. The lowest BCUT2D eigenvalue weighted by molar-refractivity contribution is 0.296. The number of aryl methyl sites for hydroxylation is 1. The van der Waals surface area contributed by atoms with Crippen LogP contribution < -0.4 is 15.4 Å². The van der Waals surface area contributed by atoms with E-state index in [9.17, 15) is 0 Å². The van der Waals surface area contributed by atoms with Crippen molar-refractivity contribution >= 4 is 5.96 Å². The van der Waals surface area contributed by atoms with Crippen molar-refractivity contribution in [2.75, 3.05) is 13.7 Å². The van der Waals surface area contributed by atoms with Crippen LogP contribution in [0, 0.1) is 12.8 Å². The number of ether oxygens (including phenoxy) is 1. The predicted octanol–water partition coefficient (Wildman–Crippen LogP) is 2.03. The summed E-state index contributed by atoms with van der Waals surface area (Å²) in [5.41, 5.74) is 1.11. The average Bonchev–Trinajstić information content (AvgIpc) is 3.34. The molecule has 7 nitrogen and oxygen atoms in total. The Morgan fingerprint density at radius 1 is 1.29 bits per heavy atom. The summed E-state index contributed by atoms with van der Waals surface area (Å²) in [6.45, 7) is 3.66. The fourth-order valence-electron chi connectivity index (χ4n) is 2.25. The van der Waals surface area contributed by atoms with Gasteiger partial charge in [-0.3, -0.25) is 4.99 Å². The maximum absolute atomic E-state index is 5.93. The van der Waals surface area contributed by atoms with Gasteiger partial charge in [-0.25, -0.2) is 0 Å². The van der Waals surface area contributed by atoms with Crippen LogP contribution in [0.1, 0.15) is 30.1 Å². The first kappa shape index (κ1) is 16.3. The van der Waals surface area contributed by atoms with Gasteiger partial charge in [0, 0.05) is 19.2 Å². The maximum Gasteiger partial charge on any atom is 0.246 e. The quantitative estimate of drug-likeness (QED) is 0.597. The summed E-state index contributed by atoms with van der Waals surface area (Å²) in [6.07, 6.45) is 2.57. The van der Waals surface area contributed by atoms with Crippen molar-refractivity contribution in [1.29, 1.82) is 0 Å². The molecule has 3 rings (SSSR count). The van der Waals surface area contributed by atoms with Crippen molar-refractivity contribution in [2.45, 2.75) is 32.9 Å². The SMILES string of the molecule is CN=C(NCc1nc(C)no1)NCc1ccccc1OCC1CC1. The molecule has 1 aromatic carbocycles. The number of hydrogen-bond donors (Lipinski definition) is 2. The predicted molar refractivity (Wildman–Crippen MR) is 90.7 cm³/mol. The van der Waals surface area contributed by atoms with Gasteiger partial charge in [0.1, 0.15) is 5.75 Å². The van der Waals surface area contributed by atoms with E-state index in [1.807, 2.05) is 18.2 Å². The van der Waals surface area contributed by atoms with Crippen LogP contribution in [0.3, 0.4) is 0 Å². The molecule has 0 spiro atoms. The Balaban J connectivity index is 1.51. The second-order valence-electron chi connectivity index (χ2n) is 5.88. The minimum absolute atomic E-state index is 0.431. The molecule has 2 aromatic rings. The largest absolute Gasteiger partial charge is 0.493 e. The molecule has 1 aliphatic carbocycles. The van der Waals surface area contributed by atoms with Crippen molar-refractivity contribution in [2.24, 2.45) is 10.9 Å². The number of hydrogen-bond acceptors (Lipinski definition) is 5. The molecule has 0 bridgehead atoms. The van der Waals surface area contributed by atoms with Gasteiger partial charge >= 0.3 is 0 Å². The summed E-state index contributed by atoms with van der Waals surface area (Å²) < 4.78 is 11.0. The fourth-order valence-corrected chi connectivity index (χ4v) is 2.25. The fraction of sp³-hybridized carbons (Fsp3) is 0.471. The van der Waals surface area contributed by atoms with E-state index in [1.165, 1.54) is 12.8 Å². The molecule has 0 unspecified atom stereocenters. The number of rotatable bonds is 7. The number of aliphatic imine (C=N–C) groups is 1. The Labute approximate surface area is 141 Å². The van der Waals surface area contributed by atoms with Gasteiger partial charge in [-0.05, 0) is 31.7 Å². The minimum atomic E-state index is 0.431. The van der Waals surface area contributed by atoms with Crippen LogP contribution in [-0.2, 0) is 13.1 Å². The van der Waals surface area contributed by atoms with Gasteiger partial charge in [0.05, 0.1) is 13.2 Å². The summed E-state index contributed by atoms with van der Waals surface area (Å²) in [7, 11) is 1.73. The molecule has 24 heavy (non-hydrogen) atoms. The second-order valence-corrected chi connectivity index (χ2v) is 5.88. The van der Waals surface area contributed by atoms with Gasteiger partial charge < -0.3 is 19.9 Å². The highest BCUT2D eigenvalue weighted by Crippen LogP contribution is 2.30. The van der Waals surface area contributed by atoms with Crippen LogP contribution in [0.5, 0.6) is 5.75 Å². The van der Waals surface area contributed by atoms with Crippen LogP contribution in [0.4, 0.5) is 0 Å². The highest BCUT2D eigenvalue weighted by molar-refractivity contribution is 5.79. The summed E-state index contributed by atoms with van der Waals surface area (Å²) >= 11 is 0. The lowest BCUT2D eigenvalue weighted by atomic mass is 10.2. The molecule has 1 fully saturated rings. The normalized spacial score (nSPS) is 14.5. The van der Waals surface area contributed by atoms with E-state index in [-0.39, 0.29) is 0 Å². The third-order valence-corrected chi connectivity index (χ3v) is 3.79. The van der Waals surface area contributed by atoms with E-state index in [4.69, 9.17) is 9.26 Å². The first-order chi connectivity index (χ1) is 11.7. The third-order valence-electron chi connectivity index (χ3n) is 3.79. The zero-order chi connectivity index (χ0) is 16.8. The molecule has 1 aromatic heterocycles. The van der Waals surface area contributed by atoms with E-state index in [0.29, 0.717) is 30.8 Å². The smallest absolute Gasteiger partial charge is 0.246 e. The van der Waals surface area contributed by atoms with Gasteiger partial charge in [0.2, 0.25) is 5.89 Å². The van der Waals surface area contributed by atoms with Crippen LogP contribution in [0.15, 0.2) is 33.8 Å². The average molecular weight is 329 g/mol. The van der Waals surface area contributed by atoms with Crippen molar-refractivity contribution in [3.05, 3.63) is 41.5 Å². The van der Waals surface area contributed by atoms with E-state index in [1.54, 1.807) is 14.0 Å². The molecule has 1 saturated carbocycles. The van der Waals surface area contributed by atoms with E-state index in [0.717, 1.165) is 23.8 Å². The molecule has 0 aliphatic heterocycles. The Morgan fingerprint density at radius 2 is 2.08 bits per heavy atom. The first-order valence-electron chi connectivity index (χ1n) is 8.19. The summed E-state index contributed by atoms with van der Waals surface area (Å²) in [5, 5.41) is 10.2. The topological polar surface area (TPSA) is 84.6 Å². The van der Waals surface area contributed by atoms with Crippen LogP contribution in [0.2, 0.25) is 0 Å². The summed E-state index contributed by atoms with van der Waals surface area (Å²) in [5.74, 6) is 3.49. The van der Waals surface area contributed by atoms with E-state index in [2.05, 4.69) is 31.8 Å². The number of benzene rings is 1. The molecule has 0 saturated heterocycles. The monoisotopic (exact) mass is 329 g/mol. The lowest BCUT2D eigenvalue weighted by Gasteiger charge is -2.14. The van der Waals surface area contributed by atoms with Gasteiger partial charge in [0.25, 0.3) is 0 Å². The van der Waals surface area contributed by atoms with Crippen LogP contribution >= 0.6 is 0 Å². The summed E-state index contributed by atoms with van der Waals surface area (Å²) in [4.78, 5) is 8.36. The van der Waals surface area contributed by atoms with E-state index < -0.39 is 0 Å². The standard InChI is InChI=1S/C17H23N5O2/c1-12-21-16(24-22-12)10-20-17(18-2)19-9-14-5-3-4-6-15(14)23-11-13-7-8-13/h3-6,13H,7-11H2,1-2H3,(H2,18,19,20). The number of guanidine groups is 1.